The van der Waals surface area contributed by atoms with Crippen LogP contribution in [0.5, 0.6) is 0 Å². The summed E-state index contributed by atoms with van der Waals surface area (Å²) in [6.07, 6.45) is 0.0771. The first-order chi connectivity index (χ1) is 7.48. The molecule has 1 fully saturated rings. The number of rotatable bonds is 2. The number of anilines is 1. The Hall–Kier alpha value is -1.62. The summed E-state index contributed by atoms with van der Waals surface area (Å²) in [7, 11) is 0. The zero-order valence-corrected chi connectivity index (χ0v) is 8.56. The lowest BCUT2D eigenvalue weighted by molar-refractivity contribution is -0.0662. The molecule has 86 valence electrons. The van der Waals surface area contributed by atoms with E-state index in [0.29, 0.717) is 6.54 Å². The lowest BCUT2D eigenvalue weighted by atomic mass is 10.2. The molecule has 4 nitrogen and oxygen atoms in total. The van der Waals surface area contributed by atoms with E-state index in [9.17, 15) is 9.18 Å². The molecule has 1 aliphatic rings. The predicted molar refractivity (Wildman–Crippen MR) is 56.3 cm³/mol. The highest BCUT2D eigenvalue weighted by molar-refractivity contribution is 5.88. The summed E-state index contributed by atoms with van der Waals surface area (Å²) in [5.74, 6) is -3.12. The number of benzene rings is 1. The number of alkyl halides is 1. The number of aromatic carboxylic acids is 1. The molecule has 0 radical (unpaired) electrons. The van der Waals surface area contributed by atoms with Crippen molar-refractivity contribution in [3.8, 4) is 0 Å². The molecular weight excluding hydrogens is 213 g/mol. The molecule has 0 saturated carbocycles. The summed E-state index contributed by atoms with van der Waals surface area (Å²) in [4.78, 5) is 12.3. The molecule has 0 amide bonds. The van der Waals surface area contributed by atoms with E-state index in [1.165, 1.54) is 12.1 Å². The number of carboxylic acid groups (broad SMARTS) is 1. The largest absolute Gasteiger partial charge is 0.478 e. The fraction of sp³-hybridized carbons (Fsp3) is 0.364. The van der Waals surface area contributed by atoms with Gasteiger partial charge in [0.1, 0.15) is 0 Å². The van der Waals surface area contributed by atoms with E-state index >= 15 is 0 Å². The molecule has 1 saturated heterocycles. The Labute approximate surface area is 91.9 Å². The number of hydrogen-bond donors (Lipinski definition) is 2. The number of carboxylic acids is 1. The zero-order valence-electron chi connectivity index (χ0n) is 8.56. The third-order valence-corrected chi connectivity index (χ3v) is 2.68. The fourth-order valence-corrected chi connectivity index (χ4v) is 1.79. The second kappa shape index (κ2) is 3.75. The monoisotopic (exact) mass is 225 g/mol. The summed E-state index contributed by atoms with van der Waals surface area (Å²) < 4.78 is 13.2. The molecule has 16 heavy (non-hydrogen) atoms. The topological polar surface area (TPSA) is 60.8 Å². The van der Waals surface area contributed by atoms with Gasteiger partial charge in [0, 0.05) is 18.7 Å². The minimum absolute atomic E-state index is 0.0700. The van der Waals surface area contributed by atoms with Crippen LogP contribution in [0.15, 0.2) is 24.3 Å². The Morgan fingerprint density at radius 3 is 2.44 bits per heavy atom. The van der Waals surface area contributed by atoms with Crippen LogP contribution in [-0.2, 0) is 0 Å². The molecule has 0 unspecified atom stereocenters. The van der Waals surface area contributed by atoms with Gasteiger partial charge in [-0.3, -0.25) is 0 Å². The average Bonchev–Trinajstić information content (AvgIpc) is 2.59. The molecule has 1 heterocycles. The van der Waals surface area contributed by atoms with Gasteiger partial charge in [-0.2, -0.15) is 0 Å². The number of halogens is 1. The fourth-order valence-electron chi connectivity index (χ4n) is 1.79. The third kappa shape index (κ3) is 2.14. The van der Waals surface area contributed by atoms with E-state index < -0.39 is 11.8 Å². The minimum atomic E-state index is -2.13. The second-order valence-corrected chi connectivity index (χ2v) is 3.94. The van der Waals surface area contributed by atoms with Crippen molar-refractivity contribution in [2.45, 2.75) is 12.3 Å². The highest BCUT2D eigenvalue weighted by atomic mass is 19.2. The van der Waals surface area contributed by atoms with Crippen LogP contribution in [0, 0.1) is 0 Å². The Balaban J connectivity index is 2.14. The average molecular weight is 225 g/mol. The predicted octanol–water partition coefficient (Wildman–Crippen LogP) is 1.25. The van der Waals surface area contributed by atoms with Crippen molar-refractivity contribution in [2.24, 2.45) is 0 Å². The smallest absolute Gasteiger partial charge is 0.335 e. The van der Waals surface area contributed by atoms with Crippen molar-refractivity contribution >= 4 is 11.7 Å². The molecule has 0 bridgehead atoms. The van der Waals surface area contributed by atoms with Gasteiger partial charge in [0.25, 0.3) is 0 Å². The maximum absolute atomic E-state index is 13.2. The summed E-state index contributed by atoms with van der Waals surface area (Å²) in [6, 6.07) is 6.16. The van der Waals surface area contributed by atoms with E-state index in [-0.39, 0.29) is 18.5 Å². The van der Waals surface area contributed by atoms with Gasteiger partial charge >= 0.3 is 5.97 Å². The number of carbonyl (C=O) groups is 1. The van der Waals surface area contributed by atoms with Gasteiger partial charge in [-0.05, 0) is 24.3 Å². The first-order valence-corrected chi connectivity index (χ1v) is 4.97. The van der Waals surface area contributed by atoms with Crippen LogP contribution in [0.25, 0.3) is 0 Å². The zero-order chi connectivity index (χ0) is 11.8. The standard InChI is InChI=1S/C11H12FNO3/c12-11(16)5-6-13(7-11)9-3-1-8(2-4-9)10(14)15/h1-4,16H,5-7H2,(H,14,15)/t11-/m0/s1. The van der Waals surface area contributed by atoms with Gasteiger partial charge in [0.2, 0.25) is 5.85 Å². The molecule has 0 aromatic heterocycles. The van der Waals surface area contributed by atoms with Gasteiger partial charge in [0.15, 0.2) is 0 Å². The van der Waals surface area contributed by atoms with Gasteiger partial charge in [-0.15, -0.1) is 0 Å². The third-order valence-electron chi connectivity index (χ3n) is 2.68. The lowest BCUT2D eigenvalue weighted by Gasteiger charge is -2.18. The van der Waals surface area contributed by atoms with Crippen molar-refractivity contribution in [1.82, 2.24) is 0 Å². The van der Waals surface area contributed by atoms with Crippen LogP contribution in [-0.4, -0.2) is 35.1 Å². The van der Waals surface area contributed by atoms with E-state index in [4.69, 9.17) is 10.2 Å². The lowest BCUT2D eigenvalue weighted by Crippen LogP contribution is -2.28. The molecule has 1 aliphatic heterocycles. The summed E-state index contributed by atoms with van der Waals surface area (Å²) in [5.41, 5.74) is 0.914. The van der Waals surface area contributed by atoms with Crippen molar-refractivity contribution in [3.63, 3.8) is 0 Å². The SMILES string of the molecule is O=C(O)c1ccc(N2CC[C@@](O)(F)C2)cc1. The molecule has 1 aromatic rings. The van der Waals surface area contributed by atoms with Gasteiger partial charge in [-0.25, -0.2) is 9.18 Å². The highest BCUT2D eigenvalue weighted by Gasteiger charge is 2.35. The summed E-state index contributed by atoms with van der Waals surface area (Å²) in [6.45, 7) is 0.360. The molecule has 1 aromatic carbocycles. The molecule has 5 heteroatoms. The van der Waals surface area contributed by atoms with Crippen LogP contribution in [0.1, 0.15) is 16.8 Å². The molecule has 2 N–H and O–H groups in total. The van der Waals surface area contributed by atoms with Crippen molar-refractivity contribution < 1.29 is 19.4 Å². The Morgan fingerprint density at radius 2 is 2.00 bits per heavy atom. The van der Waals surface area contributed by atoms with Gasteiger partial charge in [0.05, 0.1) is 12.1 Å². The Kier molecular flexibility index (Phi) is 2.55. The van der Waals surface area contributed by atoms with Crippen LogP contribution >= 0.6 is 0 Å². The maximum Gasteiger partial charge on any atom is 0.335 e. The van der Waals surface area contributed by atoms with E-state index in [1.54, 1.807) is 17.0 Å². The minimum Gasteiger partial charge on any atom is -0.478 e. The van der Waals surface area contributed by atoms with Crippen LogP contribution in [0.2, 0.25) is 0 Å². The van der Waals surface area contributed by atoms with E-state index in [1.807, 2.05) is 0 Å². The number of β-amino-alcohol motifs (C(OH)–C–C–N with tert-alkyl or cyclic N) is 1. The Morgan fingerprint density at radius 1 is 1.38 bits per heavy atom. The van der Waals surface area contributed by atoms with Crippen molar-refractivity contribution in [1.29, 1.82) is 0 Å². The van der Waals surface area contributed by atoms with Crippen LogP contribution in [0.3, 0.4) is 0 Å². The normalized spacial score (nSPS) is 24.8. The summed E-state index contributed by atoms with van der Waals surface area (Å²) in [5, 5.41) is 17.9. The van der Waals surface area contributed by atoms with Crippen LogP contribution in [0.4, 0.5) is 10.1 Å². The quantitative estimate of drug-likeness (QED) is 0.795. The molecule has 2 rings (SSSR count). The van der Waals surface area contributed by atoms with Crippen LogP contribution < -0.4 is 4.90 Å². The maximum atomic E-state index is 13.2. The number of nitrogens with zero attached hydrogens (tertiary/aromatic N) is 1. The number of hydrogen-bond acceptors (Lipinski definition) is 3. The first kappa shape index (κ1) is 10.9. The number of aliphatic hydroxyl groups is 1. The van der Waals surface area contributed by atoms with Crippen molar-refractivity contribution in [2.75, 3.05) is 18.0 Å². The second-order valence-electron chi connectivity index (χ2n) is 3.94. The summed E-state index contributed by atoms with van der Waals surface area (Å²) >= 11 is 0. The Bertz CT molecular complexity index is 402. The highest BCUT2D eigenvalue weighted by Crippen LogP contribution is 2.27. The van der Waals surface area contributed by atoms with Gasteiger partial charge in [-0.1, -0.05) is 0 Å². The molecule has 0 aliphatic carbocycles. The van der Waals surface area contributed by atoms with Crippen molar-refractivity contribution in [3.05, 3.63) is 29.8 Å². The van der Waals surface area contributed by atoms with E-state index in [0.717, 1.165) is 5.69 Å². The molecule has 1 atom stereocenters. The molecular formula is C11H12FNO3. The first-order valence-electron chi connectivity index (χ1n) is 4.97. The molecule has 0 spiro atoms. The van der Waals surface area contributed by atoms with E-state index in [2.05, 4.69) is 0 Å². The van der Waals surface area contributed by atoms with Gasteiger partial charge < -0.3 is 15.1 Å².